The molecule has 0 aliphatic heterocycles. The van der Waals surface area contributed by atoms with Crippen LogP contribution in [0.5, 0.6) is 0 Å². The molecule has 2 rings (SSSR count). The average Bonchev–Trinajstić information content (AvgIpc) is 2.54. The molecule has 0 saturated carbocycles. The molecule has 2 heteroatoms. The molecule has 2 nitrogen and oxygen atoms in total. The van der Waals surface area contributed by atoms with Crippen LogP contribution >= 0.6 is 0 Å². The molecule has 1 heterocycles. The third-order valence-electron chi connectivity index (χ3n) is 1.57. The zero-order chi connectivity index (χ0) is 8.39. The molecule has 0 aliphatic carbocycles. The summed E-state index contributed by atoms with van der Waals surface area (Å²) in [6.45, 7) is 3.66. The highest BCUT2D eigenvalue weighted by molar-refractivity contribution is 5.52. The first-order chi connectivity index (χ1) is 5.86. The van der Waals surface area contributed by atoms with Crippen LogP contribution in [0.25, 0.3) is 11.5 Å². The van der Waals surface area contributed by atoms with Crippen molar-refractivity contribution in [3.05, 3.63) is 49.2 Å². The van der Waals surface area contributed by atoms with Crippen molar-refractivity contribution < 1.29 is 4.42 Å². The van der Waals surface area contributed by atoms with Crippen LogP contribution in [0.4, 0.5) is 0 Å². The maximum absolute atomic E-state index is 5.18. The monoisotopic (exact) mass is 158 g/mol. The molecule has 0 saturated heterocycles. The second-order valence-electron chi connectivity index (χ2n) is 2.51. The number of nitrogens with zero attached hydrogens (tertiary/aromatic N) is 1. The summed E-state index contributed by atoms with van der Waals surface area (Å²) in [7, 11) is 0. The Labute approximate surface area is 70.9 Å². The highest BCUT2D eigenvalue weighted by Crippen LogP contribution is 2.16. The second-order valence-corrected chi connectivity index (χ2v) is 2.51. The van der Waals surface area contributed by atoms with E-state index in [4.69, 9.17) is 4.42 Å². The lowest BCUT2D eigenvalue weighted by Gasteiger charge is -1.91. The lowest BCUT2D eigenvalue weighted by Crippen LogP contribution is -1.75. The third-order valence-corrected chi connectivity index (χ3v) is 1.57. The van der Waals surface area contributed by atoms with Crippen LogP contribution in [0.2, 0.25) is 0 Å². The Bertz CT molecular complexity index is 364. The minimum Gasteiger partial charge on any atom is -0.444 e. The molecule has 1 radical (unpaired) electrons. The van der Waals surface area contributed by atoms with Gasteiger partial charge in [-0.05, 0) is 19.1 Å². The molecule has 0 unspecified atom stereocenters. The van der Waals surface area contributed by atoms with Gasteiger partial charge >= 0.3 is 0 Å². The van der Waals surface area contributed by atoms with Crippen LogP contribution in [0.3, 0.4) is 0 Å². The van der Waals surface area contributed by atoms with E-state index in [1.54, 1.807) is 6.26 Å². The molecule has 0 bridgehead atoms. The van der Waals surface area contributed by atoms with E-state index in [1.165, 1.54) is 0 Å². The Morgan fingerprint density at radius 1 is 1.17 bits per heavy atom. The van der Waals surface area contributed by atoms with Gasteiger partial charge in [0.05, 0.1) is 5.69 Å². The molecule has 2 aromatic rings. The first-order valence-electron chi connectivity index (χ1n) is 3.69. The Morgan fingerprint density at radius 2 is 1.92 bits per heavy atom. The van der Waals surface area contributed by atoms with Gasteiger partial charge < -0.3 is 4.42 Å². The van der Waals surface area contributed by atoms with Gasteiger partial charge in [0, 0.05) is 5.56 Å². The Hall–Kier alpha value is -1.57. The van der Waals surface area contributed by atoms with Gasteiger partial charge in [-0.2, -0.15) is 0 Å². The first-order valence-corrected chi connectivity index (χ1v) is 3.69. The van der Waals surface area contributed by atoms with E-state index in [0.29, 0.717) is 11.6 Å². The molecule has 1 aromatic heterocycles. The summed E-state index contributed by atoms with van der Waals surface area (Å²) in [6.07, 6.45) is 1.54. The van der Waals surface area contributed by atoms with Crippen molar-refractivity contribution in [3.8, 4) is 11.5 Å². The van der Waals surface area contributed by atoms with Crippen LogP contribution in [-0.4, -0.2) is 4.98 Å². The number of oxazole rings is 1. The van der Waals surface area contributed by atoms with E-state index in [2.05, 4.69) is 11.9 Å². The first kappa shape index (κ1) is 7.10. The van der Waals surface area contributed by atoms with Gasteiger partial charge in [-0.25, -0.2) is 4.98 Å². The molecule has 0 amide bonds. The third kappa shape index (κ3) is 1.23. The van der Waals surface area contributed by atoms with Gasteiger partial charge in [-0.1, -0.05) is 18.2 Å². The van der Waals surface area contributed by atoms with E-state index < -0.39 is 0 Å². The van der Waals surface area contributed by atoms with Crippen molar-refractivity contribution in [3.63, 3.8) is 0 Å². The molecular weight excluding hydrogens is 150 g/mol. The molecule has 0 spiro atoms. The normalized spacial score (nSPS) is 10.1. The summed E-state index contributed by atoms with van der Waals surface area (Å²) in [4.78, 5) is 4.10. The number of aromatic nitrogens is 1. The molecule has 12 heavy (non-hydrogen) atoms. The Kier molecular flexibility index (Phi) is 1.67. The number of hydrogen-bond donors (Lipinski definition) is 0. The Morgan fingerprint density at radius 3 is 2.50 bits per heavy atom. The summed E-state index contributed by atoms with van der Waals surface area (Å²) < 4.78 is 5.18. The molecule has 0 aliphatic rings. The molecule has 1 aromatic carbocycles. The summed E-state index contributed by atoms with van der Waals surface area (Å²) in [5.41, 5.74) is 1.64. The largest absolute Gasteiger partial charge is 0.444 e. The van der Waals surface area contributed by atoms with Crippen molar-refractivity contribution in [1.82, 2.24) is 4.98 Å². The fourth-order valence-electron chi connectivity index (χ4n) is 1.02. The molecule has 0 atom stereocenters. The fourth-order valence-corrected chi connectivity index (χ4v) is 1.02. The summed E-state index contributed by atoms with van der Waals surface area (Å²) >= 11 is 0. The summed E-state index contributed by atoms with van der Waals surface area (Å²) in [5.74, 6) is 0.626. The van der Waals surface area contributed by atoms with Crippen molar-refractivity contribution in [2.24, 2.45) is 0 Å². The zero-order valence-corrected chi connectivity index (χ0v) is 6.53. The average molecular weight is 158 g/mol. The highest BCUT2D eigenvalue weighted by atomic mass is 16.3. The maximum atomic E-state index is 5.18. The van der Waals surface area contributed by atoms with E-state index in [1.807, 2.05) is 30.3 Å². The lowest BCUT2D eigenvalue weighted by atomic mass is 10.2. The summed E-state index contributed by atoms with van der Waals surface area (Å²) in [5, 5.41) is 0. The predicted octanol–water partition coefficient (Wildman–Crippen LogP) is 2.52. The van der Waals surface area contributed by atoms with Crippen LogP contribution in [0, 0.1) is 6.92 Å². The molecular formula is C10H8NO. The van der Waals surface area contributed by atoms with Gasteiger partial charge in [0.1, 0.15) is 6.26 Å². The van der Waals surface area contributed by atoms with E-state index in [0.717, 1.165) is 5.56 Å². The lowest BCUT2D eigenvalue weighted by molar-refractivity contribution is 0.574. The quantitative estimate of drug-likeness (QED) is 0.637. The van der Waals surface area contributed by atoms with Crippen LogP contribution in [0.15, 0.2) is 41.0 Å². The van der Waals surface area contributed by atoms with Crippen molar-refractivity contribution in [2.45, 2.75) is 0 Å². The Balaban J connectivity index is 2.45. The minimum atomic E-state index is 0.626. The van der Waals surface area contributed by atoms with E-state index >= 15 is 0 Å². The minimum absolute atomic E-state index is 0.626. The second kappa shape index (κ2) is 2.81. The smallest absolute Gasteiger partial charge is 0.226 e. The zero-order valence-electron chi connectivity index (χ0n) is 6.53. The number of rotatable bonds is 1. The van der Waals surface area contributed by atoms with Gasteiger partial charge in [-0.3, -0.25) is 0 Å². The SMILES string of the molecule is [CH2]c1coc(-c2ccccc2)n1. The maximum Gasteiger partial charge on any atom is 0.226 e. The highest BCUT2D eigenvalue weighted by Gasteiger charge is 2.01. The van der Waals surface area contributed by atoms with Crippen molar-refractivity contribution in [2.75, 3.05) is 0 Å². The van der Waals surface area contributed by atoms with Crippen LogP contribution in [0.1, 0.15) is 5.69 Å². The van der Waals surface area contributed by atoms with Gasteiger partial charge in [-0.15, -0.1) is 0 Å². The number of benzene rings is 1. The van der Waals surface area contributed by atoms with E-state index in [9.17, 15) is 0 Å². The van der Waals surface area contributed by atoms with Gasteiger partial charge in [0.25, 0.3) is 0 Å². The van der Waals surface area contributed by atoms with Crippen molar-refractivity contribution >= 4 is 0 Å². The predicted molar refractivity (Wildman–Crippen MR) is 46.4 cm³/mol. The van der Waals surface area contributed by atoms with Gasteiger partial charge in [0.2, 0.25) is 5.89 Å². The summed E-state index contributed by atoms with van der Waals surface area (Å²) in [6, 6.07) is 9.75. The van der Waals surface area contributed by atoms with Crippen molar-refractivity contribution in [1.29, 1.82) is 0 Å². The van der Waals surface area contributed by atoms with E-state index in [-0.39, 0.29) is 0 Å². The van der Waals surface area contributed by atoms with Crippen LogP contribution < -0.4 is 0 Å². The molecule has 0 N–H and O–H groups in total. The van der Waals surface area contributed by atoms with Crippen LogP contribution in [-0.2, 0) is 0 Å². The van der Waals surface area contributed by atoms with Gasteiger partial charge in [0.15, 0.2) is 0 Å². The number of hydrogen-bond acceptors (Lipinski definition) is 2. The molecule has 59 valence electrons. The standard InChI is InChI=1S/C10H8NO/c1-8-7-12-10(11-8)9-5-3-2-4-6-9/h2-7H,1H2. The topological polar surface area (TPSA) is 26.0 Å². The fraction of sp³-hybridized carbons (Fsp3) is 0. The molecule has 0 fully saturated rings.